The van der Waals surface area contributed by atoms with Gasteiger partial charge in [-0.1, -0.05) is 18.2 Å². The number of esters is 1. The van der Waals surface area contributed by atoms with Crippen molar-refractivity contribution in [1.29, 1.82) is 0 Å². The molecule has 0 radical (unpaired) electrons. The van der Waals surface area contributed by atoms with E-state index in [-0.39, 0.29) is 18.4 Å². The summed E-state index contributed by atoms with van der Waals surface area (Å²) >= 11 is 0. The average molecular weight is 251 g/mol. The first kappa shape index (κ1) is 14.5. The summed E-state index contributed by atoms with van der Waals surface area (Å²) in [5, 5.41) is 0. The summed E-state index contributed by atoms with van der Waals surface area (Å²) in [4.78, 5) is 26.0. The molecule has 4 heteroatoms. The van der Waals surface area contributed by atoms with Gasteiger partial charge in [-0.3, -0.25) is 9.59 Å². The number of nitrogens with zero attached hydrogens (tertiary/aromatic N) is 1. The highest BCUT2D eigenvalue weighted by molar-refractivity contribution is 6.03. The van der Waals surface area contributed by atoms with Crippen molar-refractivity contribution in [2.45, 2.75) is 19.8 Å². The fourth-order valence-electron chi connectivity index (χ4n) is 2.46. The molecule has 0 heterocycles. The molecule has 1 saturated carbocycles. The van der Waals surface area contributed by atoms with E-state index < -0.39 is 11.4 Å². The van der Waals surface area contributed by atoms with Crippen LogP contribution in [-0.2, 0) is 14.3 Å². The molecule has 1 rings (SSSR count). The smallest absolute Gasteiger partial charge is 0.322 e. The number of amides is 1. The monoisotopic (exact) mass is 251 g/mol. The highest BCUT2D eigenvalue weighted by Gasteiger charge is 2.54. The highest BCUT2D eigenvalue weighted by atomic mass is 16.5. The Bertz CT molecular complexity index is 387. The van der Waals surface area contributed by atoms with Crippen LogP contribution in [0, 0.1) is 11.3 Å². The summed E-state index contributed by atoms with van der Waals surface area (Å²) < 4.78 is 5.08. The van der Waals surface area contributed by atoms with Crippen LogP contribution in [0.25, 0.3) is 0 Å². The van der Waals surface area contributed by atoms with Gasteiger partial charge in [0.2, 0.25) is 5.91 Å². The predicted molar refractivity (Wildman–Crippen MR) is 69.8 cm³/mol. The molecule has 1 fully saturated rings. The van der Waals surface area contributed by atoms with Gasteiger partial charge in [-0.15, -0.1) is 6.58 Å². The molecule has 0 spiro atoms. The lowest BCUT2D eigenvalue weighted by Crippen LogP contribution is -2.45. The van der Waals surface area contributed by atoms with E-state index in [4.69, 9.17) is 4.74 Å². The summed E-state index contributed by atoms with van der Waals surface area (Å²) in [6.45, 7) is 9.67. The van der Waals surface area contributed by atoms with E-state index in [1.807, 2.05) is 0 Å². The standard InChI is InChI=1S/C14H21NO3/c1-6-11-9-14(8-10(11)3,12(16)15(4)5)13(17)18-7-2/h6,11H,1,3,7-9H2,2,4-5H3. The number of hydrogen-bond acceptors (Lipinski definition) is 3. The van der Waals surface area contributed by atoms with Crippen molar-refractivity contribution in [2.75, 3.05) is 20.7 Å². The topological polar surface area (TPSA) is 46.6 Å². The number of rotatable bonds is 4. The summed E-state index contributed by atoms with van der Waals surface area (Å²) in [5.41, 5.74) is -0.247. The molecule has 0 aromatic carbocycles. The van der Waals surface area contributed by atoms with Crippen LogP contribution in [-0.4, -0.2) is 37.5 Å². The van der Waals surface area contributed by atoms with Gasteiger partial charge in [0.05, 0.1) is 6.61 Å². The first-order valence-electron chi connectivity index (χ1n) is 6.08. The Morgan fingerprint density at radius 2 is 2.17 bits per heavy atom. The SMILES string of the molecule is C=CC1CC(C(=O)OCC)(C(=O)N(C)C)CC1=C. The lowest BCUT2D eigenvalue weighted by Gasteiger charge is -2.28. The summed E-state index contributed by atoms with van der Waals surface area (Å²) in [6, 6.07) is 0. The van der Waals surface area contributed by atoms with Crippen molar-refractivity contribution in [2.24, 2.45) is 11.3 Å². The maximum Gasteiger partial charge on any atom is 0.322 e. The van der Waals surface area contributed by atoms with Crippen molar-refractivity contribution in [3.8, 4) is 0 Å². The first-order chi connectivity index (χ1) is 8.39. The van der Waals surface area contributed by atoms with Gasteiger partial charge in [0.1, 0.15) is 0 Å². The second-order valence-corrected chi connectivity index (χ2v) is 4.88. The van der Waals surface area contributed by atoms with E-state index in [2.05, 4.69) is 13.2 Å². The van der Waals surface area contributed by atoms with E-state index in [9.17, 15) is 9.59 Å². The molecule has 18 heavy (non-hydrogen) atoms. The molecule has 0 aliphatic heterocycles. The Labute approximate surface area is 108 Å². The van der Waals surface area contributed by atoms with E-state index in [1.54, 1.807) is 27.1 Å². The normalized spacial score (nSPS) is 26.8. The molecule has 1 amide bonds. The highest BCUT2D eigenvalue weighted by Crippen LogP contribution is 2.47. The Hall–Kier alpha value is -1.58. The van der Waals surface area contributed by atoms with Crippen LogP contribution in [0.5, 0.6) is 0 Å². The van der Waals surface area contributed by atoms with E-state index >= 15 is 0 Å². The molecule has 4 nitrogen and oxygen atoms in total. The van der Waals surface area contributed by atoms with Gasteiger partial charge >= 0.3 is 5.97 Å². The Morgan fingerprint density at radius 1 is 1.56 bits per heavy atom. The van der Waals surface area contributed by atoms with Gasteiger partial charge < -0.3 is 9.64 Å². The molecular weight excluding hydrogens is 230 g/mol. The van der Waals surface area contributed by atoms with Crippen LogP contribution in [0.2, 0.25) is 0 Å². The van der Waals surface area contributed by atoms with Crippen LogP contribution in [0.15, 0.2) is 24.8 Å². The minimum absolute atomic E-state index is 0.00157. The lowest BCUT2D eigenvalue weighted by molar-refractivity contribution is -0.163. The van der Waals surface area contributed by atoms with Crippen molar-refractivity contribution < 1.29 is 14.3 Å². The Balaban J connectivity index is 3.12. The zero-order valence-electron chi connectivity index (χ0n) is 11.4. The van der Waals surface area contributed by atoms with Crippen molar-refractivity contribution in [3.05, 3.63) is 24.8 Å². The number of allylic oxidation sites excluding steroid dienone is 2. The number of hydrogen-bond donors (Lipinski definition) is 0. The molecule has 1 aliphatic rings. The van der Waals surface area contributed by atoms with E-state index in [1.165, 1.54) is 4.90 Å². The largest absolute Gasteiger partial charge is 0.465 e. The van der Waals surface area contributed by atoms with Gasteiger partial charge in [-0.05, 0) is 25.7 Å². The van der Waals surface area contributed by atoms with Gasteiger partial charge in [0.25, 0.3) is 0 Å². The Kier molecular flexibility index (Phi) is 4.33. The third kappa shape index (κ3) is 2.33. The molecule has 0 aromatic heterocycles. The van der Waals surface area contributed by atoms with Crippen LogP contribution in [0.4, 0.5) is 0 Å². The summed E-state index contributed by atoms with van der Waals surface area (Å²) in [6.07, 6.45) is 2.50. The molecular formula is C14H21NO3. The van der Waals surface area contributed by atoms with Crippen LogP contribution < -0.4 is 0 Å². The van der Waals surface area contributed by atoms with Crippen molar-refractivity contribution in [1.82, 2.24) is 4.90 Å². The average Bonchev–Trinajstić information content (AvgIpc) is 2.66. The van der Waals surface area contributed by atoms with Crippen LogP contribution in [0.1, 0.15) is 19.8 Å². The lowest BCUT2D eigenvalue weighted by atomic mass is 9.83. The quantitative estimate of drug-likeness (QED) is 0.434. The third-order valence-electron chi connectivity index (χ3n) is 3.39. The molecule has 0 aromatic rings. The van der Waals surface area contributed by atoms with Crippen LogP contribution >= 0.6 is 0 Å². The molecule has 1 aliphatic carbocycles. The minimum atomic E-state index is -1.12. The van der Waals surface area contributed by atoms with Crippen molar-refractivity contribution in [3.63, 3.8) is 0 Å². The predicted octanol–water partition coefficient (Wildman–Crippen LogP) is 1.78. The number of carbonyl (C=O) groups is 2. The molecule has 2 unspecified atom stereocenters. The second kappa shape index (κ2) is 5.38. The summed E-state index contributed by atoms with van der Waals surface area (Å²) in [5.74, 6) is -0.668. The molecule has 2 atom stereocenters. The molecule has 100 valence electrons. The number of carbonyl (C=O) groups excluding carboxylic acids is 2. The number of ether oxygens (including phenoxy) is 1. The fourth-order valence-corrected chi connectivity index (χ4v) is 2.46. The molecule has 0 bridgehead atoms. The molecule has 0 N–H and O–H groups in total. The van der Waals surface area contributed by atoms with Crippen molar-refractivity contribution >= 4 is 11.9 Å². The third-order valence-corrected chi connectivity index (χ3v) is 3.39. The maximum atomic E-state index is 12.3. The zero-order valence-corrected chi connectivity index (χ0v) is 11.4. The first-order valence-corrected chi connectivity index (χ1v) is 6.08. The Morgan fingerprint density at radius 3 is 2.56 bits per heavy atom. The zero-order chi connectivity index (χ0) is 13.9. The van der Waals surface area contributed by atoms with E-state index in [0.717, 1.165) is 5.57 Å². The van der Waals surface area contributed by atoms with Gasteiger partial charge in [0.15, 0.2) is 5.41 Å². The minimum Gasteiger partial charge on any atom is -0.465 e. The second-order valence-electron chi connectivity index (χ2n) is 4.88. The van der Waals surface area contributed by atoms with Crippen LogP contribution in [0.3, 0.4) is 0 Å². The fraction of sp³-hybridized carbons (Fsp3) is 0.571. The molecule has 0 saturated heterocycles. The van der Waals surface area contributed by atoms with Gasteiger partial charge in [-0.2, -0.15) is 0 Å². The van der Waals surface area contributed by atoms with Gasteiger partial charge in [0, 0.05) is 14.1 Å². The van der Waals surface area contributed by atoms with E-state index in [0.29, 0.717) is 12.8 Å². The maximum absolute atomic E-state index is 12.3. The summed E-state index contributed by atoms with van der Waals surface area (Å²) in [7, 11) is 3.29. The van der Waals surface area contributed by atoms with Gasteiger partial charge in [-0.25, -0.2) is 0 Å².